The molecular weight excluding hydrogens is 214 g/mol. The van der Waals surface area contributed by atoms with Crippen LogP contribution < -0.4 is 5.73 Å². The van der Waals surface area contributed by atoms with E-state index in [9.17, 15) is 9.90 Å². The Bertz CT molecular complexity index is 382. The lowest BCUT2D eigenvalue weighted by Crippen LogP contribution is -2.35. The third-order valence-electron chi connectivity index (χ3n) is 3.20. The standard InChI is InChI=1S/C14H21NO2/c1-3-8-14(9-4-2,13(16)17)11-6-5-7-12(15)10-11/h5-7,10H,3-4,8-9,15H2,1-2H3,(H,16,17). The number of nitrogen functional groups attached to an aromatic ring is 1. The Labute approximate surface area is 103 Å². The minimum atomic E-state index is -0.779. The molecule has 94 valence electrons. The smallest absolute Gasteiger partial charge is 0.314 e. The third-order valence-corrected chi connectivity index (χ3v) is 3.20. The number of hydrogen-bond acceptors (Lipinski definition) is 2. The molecule has 0 aliphatic heterocycles. The second kappa shape index (κ2) is 5.71. The van der Waals surface area contributed by atoms with E-state index in [0.29, 0.717) is 18.5 Å². The molecule has 0 atom stereocenters. The first-order valence-electron chi connectivity index (χ1n) is 6.16. The molecule has 0 aliphatic rings. The summed E-state index contributed by atoms with van der Waals surface area (Å²) in [7, 11) is 0. The van der Waals surface area contributed by atoms with Gasteiger partial charge < -0.3 is 10.8 Å². The number of benzene rings is 1. The molecule has 0 aliphatic carbocycles. The summed E-state index contributed by atoms with van der Waals surface area (Å²) in [6.07, 6.45) is 3.00. The average Bonchev–Trinajstić information content (AvgIpc) is 2.28. The van der Waals surface area contributed by atoms with Crippen molar-refractivity contribution in [2.75, 3.05) is 5.73 Å². The molecule has 17 heavy (non-hydrogen) atoms. The van der Waals surface area contributed by atoms with E-state index in [4.69, 9.17) is 5.73 Å². The molecule has 0 aromatic heterocycles. The second-order valence-electron chi connectivity index (χ2n) is 4.51. The maximum absolute atomic E-state index is 11.7. The molecule has 0 fully saturated rings. The molecule has 3 nitrogen and oxygen atoms in total. The van der Waals surface area contributed by atoms with E-state index in [2.05, 4.69) is 0 Å². The van der Waals surface area contributed by atoms with E-state index in [0.717, 1.165) is 18.4 Å². The predicted molar refractivity (Wildman–Crippen MR) is 70.0 cm³/mol. The highest BCUT2D eigenvalue weighted by Crippen LogP contribution is 2.35. The summed E-state index contributed by atoms with van der Waals surface area (Å²) in [5.41, 5.74) is 6.43. The van der Waals surface area contributed by atoms with E-state index in [1.54, 1.807) is 12.1 Å². The molecule has 0 bridgehead atoms. The largest absolute Gasteiger partial charge is 0.481 e. The summed E-state index contributed by atoms with van der Waals surface area (Å²) in [6.45, 7) is 4.03. The van der Waals surface area contributed by atoms with Crippen molar-refractivity contribution in [1.29, 1.82) is 0 Å². The highest BCUT2D eigenvalue weighted by atomic mass is 16.4. The zero-order valence-electron chi connectivity index (χ0n) is 10.6. The topological polar surface area (TPSA) is 63.3 Å². The Kier molecular flexibility index (Phi) is 4.55. The number of carbonyl (C=O) groups is 1. The van der Waals surface area contributed by atoms with E-state index < -0.39 is 11.4 Å². The molecule has 3 N–H and O–H groups in total. The van der Waals surface area contributed by atoms with E-state index in [-0.39, 0.29) is 0 Å². The molecule has 0 saturated carbocycles. The summed E-state index contributed by atoms with van der Waals surface area (Å²) in [4.78, 5) is 11.7. The molecule has 0 unspecified atom stereocenters. The Morgan fingerprint density at radius 1 is 1.29 bits per heavy atom. The van der Waals surface area contributed by atoms with Crippen LogP contribution in [0.15, 0.2) is 24.3 Å². The quantitative estimate of drug-likeness (QED) is 0.744. The summed E-state index contributed by atoms with van der Waals surface area (Å²) in [5, 5.41) is 9.59. The van der Waals surface area contributed by atoms with Gasteiger partial charge in [-0.2, -0.15) is 0 Å². The fourth-order valence-electron chi connectivity index (χ4n) is 2.44. The van der Waals surface area contributed by atoms with Gasteiger partial charge in [0, 0.05) is 5.69 Å². The van der Waals surface area contributed by atoms with Crippen molar-refractivity contribution in [3.05, 3.63) is 29.8 Å². The fourth-order valence-corrected chi connectivity index (χ4v) is 2.44. The van der Waals surface area contributed by atoms with Crippen LogP contribution in [0, 0.1) is 0 Å². The van der Waals surface area contributed by atoms with Crippen LogP contribution in [0.2, 0.25) is 0 Å². The minimum Gasteiger partial charge on any atom is -0.481 e. The van der Waals surface area contributed by atoms with Crippen molar-refractivity contribution in [3.63, 3.8) is 0 Å². The van der Waals surface area contributed by atoms with Gasteiger partial charge in [0.2, 0.25) is 0 Å². The third kappa shape index (κ3) is 2.78. The molecule has 1 aromatic carbocycles. The lowest BCUT2D eigenvalue weighted by molar-refractivity contribution is -0.144. The molecule has 0 amide bonds. The van der Waals surface area contributed by atoms with Gasteiger partial charge in [0.05, 0.1) is 5.41 Å². The highest BCUT2D eigenvalue weighted by Gasteiger charge is 2.38. The number of nitrogens with two attached hydrogens (primary N) is 1. The van der Waals surface area contributed by atoms with E-state index in [1.165, 1.54) is 0 Å². The van der Waals surface area contributed by atoms with Gasteiger partial charge in [-0.05, 0) is 30.5 Å². The van der Waals surface area contributed by atoms with Gasteiger partial charge in [-0.25, -0.2) is 0 Å². The normalized spacial score (nSPS) is 11.4. The van der Waals surface area contributed by atoms with Gasteiger partial charge >= 0.3 is 5.97 Å². The van der Waals surface area contributed by atoms with Crippen LogP contribution >= 0.6 is 0 Å². The van der Waals surface area contributed by atoms with Crippen molar-refractivity contribution < 1.29 is 9.90 Å². The maximum Gasteiger partial charge on any atom is 0.314 e. The SMILES string of the molecule is CCCC(CCC)(C(=O)O)c1cccc(N)c1. The van der Waals surface area contributed by atoms with Gasteiger partial charge in [-0.3, -0.25) is 4.79 Å². The van der Waals surface area contributed by atoms with Crippen LogP contribution in [-0.2, 0) is 10.2 Å². The van der Waals surface area contributed by atoms with Crippen LogP contribution in [0.3, 0.4) is 0 Å². The molecule has 0 spiro atoms. The first-order valence-corrected chi connectivity index (χ1v) is 6.16. The number of anilines is 1. The molecule has 0 radical (unpaired) electrons. The van der Waals surface area contributed by atoms with Crippen molar-refractivity contribution in [1.82, 2.24) is 0 Å². The molecule has 1 aromatic rings. The predicted octanol–water partition coefficient (Wildman–Crippen LogP) is 3.19. The maximum atomic E-state index is 11.7. The second-order valence-corrected chi connectivity index (χ2v) is 4.51. The first-order chi connectivity index (χ1) is 8.06. The lowest BCUT2D eigenvalue weighted by Gasteiger charge is -2.29. The number of hydrogen-bond donors (Lipinski definition) is 2. The Balaban J connectivity index is 3.24. The average molecular weight is 235 g/mol. The number of rotatable bonds is 6. The van der Waals surface area contributed by atoms with E-state index >= 15 is 0 Å². The summed E-state index contributed by atoms with van der Waals surface area (Å²) < 4.78 is 0. The molecule has 1 rings (SSSR count). The Hall–Kier alpha value is -1.51. The Morgan fingerprint density at radius 2 is 1.88 bits per heavy atom. The van der Waals surface area contributed by atoms with Crippen molar-refractivity contribution in [3.8, 4) is 0 Å². The van der Waals surface area contributed by atoms with Crippen LogP contribution in [0.1, 0.15) is 45.1 Å². The number of carboxylic acid groups (broad SMARTS) is 1. The Morgan fingerprint density at radius 3 is 2.29 bits per heavy atom. The minimum absolute atomic E-state index is 0.625. The van der Waals surface area contributed by atoms with Crippen LogP contribution in [0.5, 0.6) is 0 Å². The van der Waals surface area contributed by atoms with Crippen molar-refractivity contribution in [2.45, 2.75) is 44.9 Å². The summed E-state index contributed by atoms with van der Waals surface area (Å²) in [5.74, 6) is -0.744. The van der Waals surface area contributed by atoms with E-state index in [1.807, 2.05) is 26.0 Å². The molecule has 0 heterocycles. The zero-order chi connectivity index (χ0) is 12.9. The van der Waals surface area contributed by atoms with Gasteiger partial charge in [0.15, 0.2) is 0 Å². The first kappa shape index (κ1) is 13.6. The summed E-state index contributed by atoms with van der Waals surface area (Å²) >= 11 is 0. The van der Waals surface area contributed by atoms with Gasteiger partial charge in [-0.15, -0.1) is 0 Å². The summed E-state index contributed by atoms with van der Waals surface area (Å²) in [6, 6.07) is 7.27. The van der Waals surface area contributed by atoms with Crippen LogP contribution in [0.4, 0.5) is 5.69 Å². The lowest BCUT2D eigenvalue weighted by atomic mass is 9.73. The monoisotopic (exact) mass is 235 g/mol. The number of aliphatic carboxylic acids is 1. The molecule has 3 heteroatoms. The fraction of sp³-hybridized carbons (Fsp3) is 0.500. The molecular formula is C14H21NO2. The van der Waals surface area contributed by atoms with Gasteiger partial charge in [-0.1, -0.05) is 38.8 Å². The van der Waals surface area contributed by atoms with Crippen LogP contribution in [0.25, 0.3) is 0 Å². The molecule has 0 saturated heterocycles. The zero-order valence-corrected chi connectivity index (χ0v) is 10.6. The van der Waals surface area contributed by atoms with Crippen molar-refractivity contribution in [2.24, 2.45) is 0 Å². The van der Waals surface area contributed by atoms with Gasteiger partial charge in [0.1, 0.15) is 0 Å². The van der Waals surface area contributed by atoms with Crippen molar-refractivity contribution >= 4 is 11.7 Å². The number of carboxylic acids is 1. The highest BCUT2D eigenvalue weighted by molar-refractivity contribution is 5.81. The van der Waals surface area contributed by atoms with Gasteiger partial charge in [0.25, 0.3) is 0 Å². The van der Waals surface area contributed by atoms with Crippen LogP contribution in [-0.4, -0.2) is 11.1 Å².